The molecule has 5 rings (SSSR count). The molecule has 2 N–H and O–H groups in total. The summed E-state index contributed by atoms with van der Waals surface area (Å²) in [5.74, 6) is 0.479. The molecule has 1 saturated carbocycles. The van der Waals surface area contributed by atoms with Crippen molar-refractivity contribution >= 4 is 45.3 Å². The summed E-state index contributed by atoms with van der Waals surface area (Å²) < 4.78 is 35.1. The number of aromatic nitrogens is 2. The Hall–Kier alpha value is -2.39. The van der Waals surface area contributed by atoms with Crippen LogP contribution < -0.4 is 4.74 Å². The third-order valence-corrected chi connectivity index (χ3v) is 7.92. The molecule has 0 aliphatic heterocycles. The summed E-state index contributed by atoms with van der Waals surface area (Å²) in [4.78, 5) is 9.93. The summed E-state index contributed by atoms with van der Waals surface area (Å²) in [5.41, 5.74) is 3.41. The zero-order chi connectivity index (χ0) is 25.3. The van der Waals surface area contributed by atoms with Crippen LogP contribution in [0, 0.1) is 0 Å². The van der Waals surface area contributed by atoms with E-state index in [1.54, 1.807) is 13.1 Å². The number of alkyl halides is 2. The lowest BCUT2D eigenvalue weighted by Crippen LogP contribution is -2.44. The largest absolute Gasteiger partial charge is 0.491 e. The van der Waals surface area contributed by atoms with Gasteiger partial charge in [0.25, 0.3) is 0 Å². The van der Waals surface area contributed by atoms with E-state index in [2.05, 4.69) is 34.2 Å². The van der Waals surface area contributed by atoms with E-state index < -0.39 is 12.5 Å². The molecule has 0 unspecified atom stereocenters. The average Bonchev–Trinajstić information content (AvgIpc) is 3.60. The Labute approximate surface area is 217 Å². The highest BCUT2D eigenvalue weighted by Crippen LogP contribution is 2.43. The lowest BCUT2D eigenvalue weighted by molar-refractivity contribution is -0.157. The predicted octanol–water partition coefficient (Wildman–Crippen LogP) is 6.97. The monoisotopic (exact) mass is 531 g/mol. The fourth-order valence-corrected chi connectivity index (χ4v) is 5.69. The molecule has 0 atom stereocenters. The smallest absolute Gasteiger partial charge is 0.308 e. The topological polar surface area (TPSA) is 61.4 Å². The molecule has 9 heteroatoms. The summed E-state index contributed by atoms with van der Waals surface area (Å²) in [6.45, 7) is 1.19. The first-order chi connectivity index (χ1) is 17.4. The number of rotatable bonds is 11. The minimum absolute atomic E-state index is 0.0883. The summed E-state index contributed by atoms with van der Waals surface area (Å²) in [6.07, 6.45) is 3.60. The van der Waals surface area contributed by atoms with Crippen LogP contribution >= 0.6 is 23.4 Å². The quantitative estimate of drug-likeness (QED) is 0.205. The second-order valence-electron chi connectivity index (χ2n) is 8.95. The lowest BCUT2D eigenvalue weighted by Gasteiger charge is -2.29. The number of nitrogens with zero attached hydrogens (tertiary/aromatic N) is 2. The number of hydrogen-bond donors (Lipinski definition) is 2. The molecule has 0 spiro atoms. The van der Waals surface area contributed by atoms with Gasteiger partial charge in [0.2, 0.25) is 0 Å². The van der Waals surface area contributed by atoms with Gasteiger partial charge in [0, 0.05) is 40.2 Å². The maximum atomic E-state index is 14.6. The van der Waals surface area contributed by atoms with Gasteiger partial charge in [-0.25, -0.2) is 9.88 Å². The first-order valence-electron chi connectivity index (χ1n) is 12.1. The second-order valence-corrected chi connectivity index (χ2v) is 10.8. The molecule has 2 aromatic heterocycles. The van der Waals surface area contributed by atoms with Crippen molar-refractivity contribution in [3.63, 3.8) is 0 Å². The number of H-pyrrole nitrogens is 1. The number of hydrogen-bond acceptors (Lipinski definition) is 5. The number of aliphatic hydroxyl groups is 1. The van der Waals surface area contributed by atoms with Crippen molar-refractivity contribution < 1.29 is 18.6 Å². The minimum Gasteiger partial charge on any atom is -0.491 e. The zero-order valence-corrected chi connectivity index (χ0v) is 21.5. The molecule has 36 heavy (non-hydrogen) atoms. The van der Waals surface area contributed by atoms with Crippen LogP contribution in [0.25, 0.3) is 33.1 Å². The molecule has 0 bridgehead atoms. The maximum Gasteiger partial charge on any atom is 0.308 e. The average molecular weight is 532 g/mol. The Kier molecular flexibility index (Phi) is 7.40. The summed E-state index contributed by atoms with van der Waals surface area (Å²) in [6, 6.07) is 11.0. The third kappa shape index (κ3) is 5.32. The van der Waals surface area contributed by atoms with Crippen molar-refractivity contribution in [2.75, 3.05) is 26.3 Å². The molecule has 2 aromatic carbocycles. The number of ether oxygens (including phenoxy) is 1. The van der Waals surface area contributed by atoms with Gasteiger partial charge in [0.05, 0.1) is 30.2 Å². The minimum atomic E-state index is -3.08. The van der Waals surface area contributed by atoms with E-state index in [1.165, 1.54) is 17.7 Å². The molecule has 4 aromatic rings. The number of benzene rings is 2. The molecular formula is C27H28ClF2N3O2S. The molecular weight excluding hydrogens is 504 g/mol. The Morgan fingerprint density at radius 3 is 2.83 bits per heavy atom. The Balaban J connectivity index is 1.50. The van der Waals surface area contributed by atoms with Gasteiger partial charge in [-0.2, -0.15) is 8.78 Å². The van der Waals surface area contributed by atoms with E-state index in [0.29, 0.717) is 27.2 Å². The van der Waals surface area contributed by atoms with Crippen LogP contribution in [0.4, 0.5) is 8.78 Å². The Bertz CT molecular complexity index is 1380. The van der Waals surface area contributed by atoms with Crippen LogP contribution in [0.5, 0.6) is 5.75 Å². The van der Waals surface area contributed by atoms with Crippen LogP contribution in [-0.2, 0) is 0 Å². The summed E-state index contributed by atoms with van der Waals surface area (Å²) >= 11 is 8.19. The van der Waals surface area contributed by atoms with Crippen molar-refractivity contribution in [2.45, 2.75) is 42.4 Å². The van der Waals surface area contributed by atoms with E-state index >= 15 is 0 Å². The number of aliphatic hydroxyl groups excluding tert-OH is 1. The van der Waals surface area contributed by atoms with Crippen LogP contribution in [0.3, 0.4) is 0 Å². The lowest BCUT2D eigenvalue weighted by atomic mass is 9.99. The second kappa shape index (κ2) is 10.5. The van der Waals surface area contributed by atoms with Gasteiger partial charge in [-0.05, 0) is 54.3 Å². The Morgan fingerprint density at radius 2 is 2.08 bits per heavy atom. The molecule has 190 valence electrons. The van der Waals surface area contributed by atoms with Crippen molar-refractivity contribution in [3.05, 3.63) is 53.7 Å². The number of likely N-dealkylation sites (N-methyl/N-ethyl adjacent to an activating group) is 1. The summed E-state index contributed by atoms with van der Waals surface area (Å²) in [7, 11) is 0. The number of fused-ring (bicyclic) bond motifs is 3. The number of nitrogens with one attached hydrogen (secondary N) is 1. The molecule has 0 radical (unpaired) electrons. The first-order valence-corrected chi connectivity index (χ1v) is 13.4. The van der Waals surface area contributed by atoms with Crippen molar-refractivity contribution in [1.29, 1.82) is 0 Å². The number of halogens is 3. The Morgan fingerprint density at radius 1 is 1.25 bits per heavy atom. The van der Waals surface area contributed by atoms with Crippen LogP contribution in [0.1, 0.15) is 26.2 Å². The highest BCUT2D eigenvalue weighted by molar-refractivity contribution is 8.00. The standard InChI is InChI=1S/C27H28ClF2N3O2S/c1-2-33(11-12-34)27(29,30)10-13-35-23-9-8-21(17-4-3-5-20(14-17)36-19-6-7-19)24-22-15-18(28)16-31-26(22)32-25(23)24/h3-5,8-9,14-16,19,34H,2,6-7,10-13H2,1H3,(H,31,32). The van der Waals surface area contributed by atoms with Crippen LogP contribution in [-0.4, -0.2) is 57.6 Å². The molecule has 1 aliphatic carbocycles. The van der Waals surface area contributed by atoms with Crippen molar-refractivity contribution in [1.82, 2.24) is 14.9 Å². The molecule has 2 heterocycles. The van der Waals surface area contributed by atoms with E-state index in [9.17, 15) is 8.78 Å². The van der Waals surface area contributed by atoms with Gasteiger partial charge in [-0.15, -0.1) is 11.8 Å². The molecule has 1 fully saturated rings. The summed E-state index contributed by atoms with van der Waals surface area (Å²) in [5, 5.41) is 12.1. The number of aromatic amines is 1. The third-order valence-electron chi connectivity index (χ3n) is 6.38. The first kappa shape index (κ1) is 25.3. The van der Waals surface area contributed by atoms with Gasteiger partial charge in [0.1, 0.15) is 11.4 Å². The molecule has 5 nitrogen and oxygen atoms in total. The van der Waals surface area contributed by atoms with Crippen LogP contribution in [0.2, 0.25) is 5.02 Å². The van der Waals surface area contributed by atoms with E-state index in [-0.39, 0.29) is 26.3 Å². The number of pyridine rings is 1. The van der Waals surface area contributed by atoms with Gasteiger partial charge < -0.3 is 14.8 Å². The highest BCUT2D eigenvalue weighted by atomic mass is 35.5. The van der Waals surface area contributed by atoms with E-state index in [0.717, 1.165) is 26.8 Å². The fraction of sp³-hybridized carbons (Fsp3) is 0.370. The molecule has 1 aliphatic rings. The van der Waals surface area contributed by atoms with Crippen molar-refractivity contribution in [3.8, 4) is 16.9 Å². The van der Waals surface area contributed by atoms with Crippen molar-refractivity contribution in [2.24, 2.45) is 0 Å². The van der Waals surface area contributed by atoms with Gasteiger partial charge >= 0.3 is 6.05 Å². The number of thioether (sulfide) groups is 1. The van der Waals surface area contributed by atoms with Gasteiger partial charge in [-0.1, -0.05) is 30.7 Å². The maximum absolute atomic E-state index is 14.6. The highest BCUT2D eigenvalue weighted by Gasteiger charge is 2.35. The molecule has 0 saturated heterocycles. The van der Waals surface area contributed by atoms with Gasteiger partial charge in [0.15, 0.2) is 0 Å². The predicted molar refractivity (Wildman–Crippen MR) is 142 cm³/mol. The van der Waals surface area contributed by atoms with E-state index in [1.807, 2.05) is 30.0 Å². The zero-order valence-electron chi connectivity index (χ0n) is 19.9. The fourth-order valence-electron chi connectivity index (χ4n) is 4.43. The SMILES string of the molecule is CCN(CCO)C(F)(F)CCOc1ccc(-c2cccc(SC3CC3)c2)c2c1[nH]c1ncc(Cl)cc12. The normalized spacial score (nSPS) is 14.3. The van der Waals surface area contributed by atoms with Gasteiger partial charge in [-0.3, -0.25) is 0 Å². The molecule has 0 amide bonds. The van der Waals surface area contributed by atoms with Crippen LogP contribution in [0.15, 0.2) is 53.6 Å². The van der Waals surface area contributed by atoms with E-state index in [4.69, 9.17) is 21.4 Å².